The van der Waals surface area contributed by atoms with E-state index in [-0.39, 0.29) is 5.91 Å². The molecule has 0 aliphatic heterocycles. The largest absolute Gasteiger partial charge is 0.487 e. The number of carbonyl (C=O) groups is 1. The van der Waals surface area contributed by atoms with Crippen molar-refractivity contribution in [2.24, 2.45) is 4.99 Å². The molecule has 2 aromatic carbocycles. The Labute approximate surface area is 189 Å². The van der Waals surface area contributed by atoms with E-state index in [0.717, 1.165) is 22.6 Å². The number of hydrogen-bond acceptors (Lipinski definition) is 4. The number of rotatable bonds is 8. The molecule has 0 unspecified atom stereocenters. The van der Waals surface area contributed by atoms with Crippen LogP contribution in [0.1, 0.15) is 27.2 Å². The molecule has 0 atom stereocenters. The van der Waals surface area contributed by atoms with Crippen molar-refractivity contribution in [1.29, 1.82) is 0 Å². The van der Waals surface area contributed by atoms with E-state index in [1.807, 2.05) is 66.7 Å². The smallest absolute Gasteiger partial charge is 0.253 e. The third-order valence-corrected chi connectivity index (χ3v) is 4.79. The van der Waals surface area contributed by atoms with Crippen LogP contribution in [0, 0.1) is 0 Å². The van der Waals surface area contributed by atoms with E-state index in [2.05, 4.69) is 20.6 Å². The third-order valence-electron chi connectivity index (χ3n) is 4.79. The highest BCUT2D eigenvalue weighted by atomic mass is 16.5. The zero-order valence-corrected chi connectivity index (χ0v) is 18.7. The van der Waals surface area contributed by atoms with Crippen LogP contribution in [0.4, 0.5) is 0 Å². The minimum absolute atomic E-state index is 0.00450. The first kappa shape index (κ1) is 22.8. The van der Waals surface area contributed by atoms with Crippen LogP contribution in [0.2, 0.25) is 0 Å². The summed E-state index contributed by atoms with van der Waals surface area (Å²) >= 11 is 0. The van der Waals surface area contributed by atoms with E-state index in [1.165, 1.54) is 0 Å². The number of benzene rings is 2. The Kier molecular flexibility index (Phi) is 8.20. The summed E-state index contributed by atoms with van der Waals surface area (Å²) in [5, 5.41) is 6.59. The Balaban J connectivity index is 1.44. The van der Waals surface area contributed by atoms with Gasteiger partial charge >= 0.3 is 0 Å². The summed E-state index contributed by atoms with van der Waals surface area (Å²) < 4.78 is 5.77. The molecule has 1 amide bonds. The van der Waals surface area contributed by atoms with Crippen molar-refractivity contribution in [2.45, 2.75) is 19.7 Å². The van der Waals surface area contributed by atoms with Crippen molar-refractivity contribution >= 4 is 11.9 Å². The standard InChI is InChI=1S/C25H29N5O2/c1-26-25(28-16-19-7-11-21(12-8-19)24(31)30(2)3)29-17-20-9-13-23(14-10-20)32-18-22-6-4-5-15-27-22/h4-15H,16-18H2,1-3H3,(H2,26,28,29). The maximum atomic E-state index is 12.0. The van der Waals surface area contributed by atoms with Crippen molar-refractivity contribution < 1.29 is 9.53 Å². The molecule has 1 heterocycles. The first-order chi connectivity index (χ1) is 15.5. The third kappa shape index (κ3) is 6.84. The van der Waals surface area contributed by atoms with E-state index >= 15 is 0 Å². The SMILES string of the molecule is CN=C(NCc1ccc(OCc2ccccn2)cc1)NCc1ccc(C(=O)N(C)C)cc1. The fourth-order valence-electron chi connectivity index (χ4n) is 2.96. The van der Waals surface area contributed by atoms with E-state index in [4.69, 9.17) is 4.74 Å². The quantitative estimate of drug-likeness (QED) is 0.423. The van der Waals surface area contributed by atoms with Gasteiger partial charge in [0.05, 0.1) is 5.69 Å². The molecule has 0 aliphatic carbocycles. The lowest BCUT2D eigenvalue weighted by Gasteiger charge is -2.13. The van der Waals surface area contributed by atoms with Crippen molar-refractivity contribution in [3.8, 4) is 5.75 Å². The molecule has 7 nitrogen and oxygen atoms in total. The van der Waals surface area contributed by atoms with Gasteiger partial charge in [-0.3, -0.25) is 14.8 Å². The highest BCUT2D eigenvalue weighted by Gasteiger charge is 2.07. The number of carbonyl (C=O) groups excluding carboxylic acids is 1. The summed E-state index contributed by atoms with van der Waals surface area (Å²) in [5.74, 6) is 1.50. The Morgan fingerprint density at radius 1 is 0.938 bits per heavy atom. The lowest BCUT2D eigenvalue weighted by molar-refractivity contribution is 0.0827. The van der Waals surface area contributed by atoms with Crippen LogP contribution in [0.5, 0.6) is 5.75 Å². The molecule has 0 saturated heterocycles. The van der Waals surface area contributed by atoms with E-state index in [9.17, 15) is 4.79 Å². The monoisotopic (exact) mass is 431 g/mol. The maximum Gasteiger partial charge on any atom is 0.253 e. The number of amides is 1. The zero-order valence-electron chi connectivity index (χ0n) is 18.7. The fourth-order valence-corrected chi connectivity index (χ4v) is 2.96. The number of hydrogen-bond donors (Lipinski definition) is 2. The molecule has 2 N–H and O–H groups in total. The number of aromatic nitrogens is 1. The van der Waals surface area contributed by atoms with Gasteiger partial charge in [0.25, 0.3) is 5.91 Å². The number of aliphatic imine (C=N–C) groups is 1. The highest BCUT2D eigenvalue weighted by molar-refractivity contribution is 5.93. The molecule has 3 rings (SSSR count). The van der Waals surface area contributed by atoms with Crippen LogP contribution in [-0.4, -0.2) is 42.9 Å². The normalized spacial score (nSPS) is 11.0. The summed E-state index contributed by atoms with van der Waals surface area (Å²) in [5.41, 5.74) is 3.75. The summed E-state index contributed by atoms with van der Waals surface area (Å²) in [6.45, 7) is 1.69. The Morgan fingerprint density at radius 3 is 2.09 bits per heavy atom. The fraction of sp³-hybridized carbons (Fsp3) is 0.240. The van der Waals surface area contributed by atoms with Crippen LogP contribution < -0.4 is 15.4 Å². The predicted molar refractivity (Wildman–Crippen MR) is 127 cm³/mol. The van der Waals surface area contributed by atoms with Gasteiger partial charge in [0.15, 0.2) is 5.96 Å². The molecule has 0 aliphatic rings. The minimum atomic E-state index is -0.00450. The van der Waals surface area contributed by atoms with Gasteiger partial charge < -0.3 is 20.3 Å². The molecule has 0 fully saturated rings. The summed E-state index contributed by atoms with van der Waals surface area (Å²) in [6.07, 6.45) is 1.76. The molecular formula is C25H29N5O2. The van der Waals surface area contributed by atoms with E-state index in [1.54, 1.807) is 32.2 Å². The zero-order chi connectivity index (χ0) is 22.8. The number of nitrogens with zero attached hydrogens (tertiary/aromatic N) is 3. The lowest BCUT2D eigenvalue weighted by Crippen LogP contribution is -2.36. The Bertz CT molecular complexity index is 1020. The second-order valence-corrected chi connectivity index (χ2v) is 7.43. The van der Waals surface area contributed by atoms with E-state index < -0.39 is 0 Å². The summed E-state index contributed by atoms with van der Waals surface area (Å²) in [4.78, 5) is 22.1. The van der Waals surface area contributed by atoms with Crippen LogP contribution in [0.25, 0.3) is 0 Å². The molecule has 32 heavy (non-hydrogen) atoms. The Hall–Kier alpha value is -3.87. The maximum absolute atomic E-state index is 12.0. The lowest BCUT2D eigenvalue weighted by atomic mass is 10.1. The average Bonchev–Trinajstić information content (AvgIpc) is 2.84. The van der Waals surface area contributed by atoms with Crippen LogP contribution in [-0.2, 0) is 19.7 Å². The molecule has 0 bridgehead atoms. The topological polar surface area (TPSA) is 78.9 Å². The van der Waals surface area contributed by atoms with Crippen LogP contribution >= 0.6 is 0 Å². The average molecular weight is 432 g/mol. The van der Waals surface area contributed by atoms with Crippen molar-refractivity contribution in [2.75, 3.05) is 21.1 Å². The van der Waals surface area contributed by atoms with Gasteiger partial charge in [-0.25, -0.2) is 0 Å². The molecule has 0 spiro atoms. The van der Waals surface area contributed by atoms with Crippen molar-refractivity contribution in [3.63, 3.8) is 0 Å². The summed E-state index contributed by atoms with van der Waals surface area (Å²) in [6, 6.07) is 21.3. The van der Waals surface area contributed by atoms with Crippen molar-refractivity contribution in [3.05, 3.63) is 95.3 Å². The van der Waals surface area contributed by atoms with Crippen LogP contribution in [0.15, 0.2) is 77.9 Å². The second kappa shape index (κ2) is 11.5. The molecule has 0 saturated carbocycles. The number of guanidine groups is 1. The van der Waals surface area contributed by atoms with Gasteiger partial charge in [-0.1, -0.05) is 30.3 Å². The first-order valence-corrected chi connectivity index (χ1v) is 10.4. The van der Waals surface area contributed by atoms with Gasteiger partial charge in [0.2, 0.25) is 0 Å². The highest BCUT2D eigenvalue weighted by Crippen LogP contribution is 2.13. The summed E-state index contributed by atoms with van der Waals surface area (Å²) in [7, 11) is 5.23. The molecule has 3 aromatic rings. The molecular weight excluding hydrogens is 402 g/mol. The predicted octanol–water partition coefficient (Wildman–Crippen LogP) is 3.23. The first-order valence-electron chi connectivity index (χ1n) is 10.4. The van der Waals surface area contributed by atoms with Crippen LogP contribution in [0.3, 0.4) is 0 Å². The Morgan fingerprint density at radius 2 is 1.56 bits per heavy atom. The number of nitrogens with one attached hydrogen (secondary N) is 2. The van der Waals surface area contributed by atoms with Gasteiger partial charge in [0.1, 0.15) is 12.4 Å². The number of ether oxygens (including phenoxy) is 1. The van der Waals surface area contributed by atoms with Gasteiger partial charge in [-0.05, 0) is 47.5 Å². The van der Waals surface area contributed by atoms with Gasteiger partial charge in [-0.15, -0.1) is 0 Å². The van der Waals surface area contributed by atoms with Gasteiger partial charge in [-0.2, -0.15) is 0 Å². The van der Waals surface area contributed by atoms with E-state index in [0.29, 0.717) is 31.2 Å². The molecule has 1 aromatic heterocycles. The molecule has 7 heteroatoms. The minimum Gasteiger partial charge on any atom is -0.487 e. The molecule has 166 valence electrons. The van der Waals surface area contributed by atoms with Gasteiger partial charge in [0, 0.05) is 46.0 Å². The van der Waals surface area contributed by atoms with Crippen molar-refractivity contribution in [1.82, 2.24) is 20.5 Å². The number of pyridine rings is 1. The molecule has 0 radical (unpaired) electrons. The second-order valence-electron chi connectivity index (χ2n) is 7.43.